The van der Waals surface area contributed by atoms with Crippen molar-refractivity contribution < 1.29 is 0 Å². The lowest BCUT2D eigenvalue weighted by Gasteiger charge is -1.85. The molecule has 0 amide bonds. The molecule has 0 saturated heterocycles. The Morgan fingerprint density at radius 3 is 1.43 bits per heavy atom. The molecule has 3 heterocycles. The Bertz CT molecular complexity index is 772. The fourth-order valence-electron chi connectivity index (χ4n) is 1.61. The van der Waals surface area contributed by atoms with Crippen molar-refractivity contribution in [3.05, 3.63) is 82.1 Å². The third kappa shape index (κ3) is 3.79. The molecule has 0 atom stereocenters. The molecule has 3 aromatic heterocycles. The van der Waals surface area contributed by atoms with E-state index in [4.69, 9.17) is 0 Å². The van der Waals surface area contributed by atoms with Crippen LogP contribution < -0.4 is 0 Å². The summed E-state index contributed by atoms with van der Waals surface area (Å²) in [5.41, 5.74) is 1.92. The van der Waals surface area contributed by atoms with E-state index in [9.17, 15) is 0 Å². The van der Waals surface area contributed by atoms with Crippen LogP contribution in [0.1, 0.15) is 20.9 Å². The minimum absolute atomic E-state index is 0.961. The lowest BCUT2D eigenvalue weighted by Crippen LogP contribution is -1.74. The van der Waals surface area contributed by atoms with Gasteiger partial charge in [-0.05, 0) is 36.4 Å². The molecule has 0 aliphatic carbocycles. The minimum Gasteiger partial charge on any atom is -0.265 e. The highest BCUT2D eigenvalue weighted by atomic mass is 32.1. The maximum Gasteiger partial charge on any atom is 0.0785 e. The first-order valence-electron chi connectivity index (χ1n) is 6.34. The van der Waals surface area contributed by atoms with Crippen LogP contribution in [0.3, 0.4) is 0 Å². The van der Waals surface area contributed by atoms with Crippen LogP contribution in [-0.4, -0.2) is 9.97 Å². The van der Waals surface area contributed by atoms with Gasteiger partial charge in [-0.25, -0.2) is 0 Å². The molecule has 0 unspecified atom stereocenters. The van der Waals surface area contributed by atoms with Crippen LogP contribution in [0.2, 0.25) is 0 Å². The van der Waals surface area contributed by atoms with Gasteiger partial charge in [0, 0.05) is 35.9 Å². The van der Waals surface area contributed by atoms with Gasteiger partial charge in [-0.15, -0.1) is 11.3 Å². The van der Waals surface area contributed by atoms with Crippen molar-refractivity contribution in [1.29, 1.82) is 0 Å². The van der Waals surface area contributed by atoms with Gasteiger partial charge in [-0.3, -0.25) is 9.97 Å². The van der Waals surface area contributed by atoms with E-state index in [1.165, 1.54) is 0 Å². The molecule has 0 saturated carbocycles. The third-order valence-corrected chi connectivity index (χ3v) is 3.54. The monoisotopic (exact) mass is 286 g/mol. The zero-order chi connectivity index (χ0) is 14.3. The number of rotatable bonds is 0. The van der Waals surface area contributed by atoms with Crippen molar-refractivity contribution in [2.75, 3.05) is 0 Å². The SMILES string of the molecule is C(#Cc1ccc(C#Cc2ccncc2)s1)c1ccncc1. The highest BCUT2D eigenvalue weighted by Crippen LogP contribution is 2.14. The molecule has 0 radical (unpaired) electrons. The van der Waals surface area contributed by atoms with E-state index in [1.54, 1.807) is 36.1 Å². The number of nitrogens with zero attached hydrogens (tertiary/aromatic N) is 2. The summed E-state index contributed by atoms with van der Waals surface area (Å²) in [6.45, 7) is 0. The highest BCUT2D eigenvalue weighted by molar-refractivity contribution is 7.13. The lowest BCUT2D eigenvalue weighted by atomic mass is 10.2. The molecule has 21 heavy (non-hydrogen) atoms. The molecule has 0 fully saturated rings. The van der Waals surface area contributed by atoms with Crippen molar-refractivity contribution in [3.8, 4) is 23.7 Å². The molecule has 2 nitrogen and oxygen atoms in total. The molecule has 0 aromatic carbocycles. The molecule has 0 spiro atoms. The molecule has 0 aliphatic heterocycles. The number of hydrogen-bond acceptors (Lipinski definition) is 3. The molecule has 3 aromatic rings. The van der Waals surface area contributed by atoms with Crippen LogP contribution in [0.5, 0.6) is 0 Å². The Labute approximate surface area is 127 Å². The van der Waals surface area contributed by atoms with Crippen molar-refractivity contribution in [2.24, 2.45) is 0 Å². The van der Waals surface area contributed by atoms with Crippen LogP contribution in [0.4, 0.5) is 0 Å². The van der Waals surface area contributed by atoms with Gasteiger partial charge in [0.2, 0.25) is 0 Å². The lowest BCUT2D eigenvalue weighted by molar-refractivity contribution is 1.32. The van der Waals surface area contributed by atoms with E-state index in [2.05, 4.69) is 33.6 Å². The number of hydrogen-bond donors (Lipinski definition) is 0. The van der Waals surface area contributed by atoms with Crippen LogP contribution in [0.25, 0.3) is 0 Å². The van der Waals surface area contributed by atoms with E-state index in [1.807, 2.05) is 36.4 Å². The summed E-state index contributed by atoms with van der Waals surface area (Å²) < 4.78 is 0. The summed E-state index contributed by atoms with van der Waals surface area (Å²) in [7, 11) is 0. The van der Waals surface area contributed by atoms with E-state index in [0.717, 1.165) is 20.9 Å². The van der Waals surface area contributed by atoms with Crippen molar-refractivity contribution >= 4 is 11.3 Å². The summed E-state index contributed by atoms with van der Waals surface area (Å²) in [6, 6.07) is 11.6. The number of aromatic nitrogens is 2. The van der Waals surface area contributed by atoms with Gasteiger partial charge >= 0.3 is 0 Å². The molecular weight excluding hydrogens is 276 g/mol. The Morgan fingerprint density at radius 1 is 0.571 bits per heavy atom. The Kier molecular flexibility index (Phi) is 4.07. The van der Waals surface area contributed by atoms with Crippen LogP contribution in [0.15, 0.2) is 61.2 Å². The topological polar surface area (TPSA) is 25.8 Å². The van der Waals surface area contributed by atoms with Gasteiger partial charge in [0.25, 0.3) is 0 Å². The van der Waals surface area contributed by atoms with Crippen LogP contribution in [0, 0.1) is 23.7 Å². The van der Waals surface area contributed by atoms with Crippen LogP contribution >= 0.6 is 11.3 Å². The first kappa shape index (κ1) is 13.1. The zero-order valence-corrected chi connectivity index (χ0v) is 11.9. The molecule has 0 N–H and O–H groups in total. The Morgan fingerprint density at radius 2 is 1.00 bits per heavy atom. The van der Waals surface area contributed by atoms with E-state index >= 15 is 0 Å². The first-order chi connectivity index (χ1) is 10.4. The Balaban J connectivity index is 1.76. The minimum atomic E-state index is 0.961. The van der Waals surface area contributed by atoms with Gasteiger partial charge in [0.05, 0.1) is 9.75 Å². The summed E-state index contributed by atoms with van der Waals surface area (Å²) in [5, 5.41) is 0. The molecule has 0 aliphatic rings. The van der Waals surface area contributed by atoms with E-state index in [-0.39, 0.29) is 0 Å². The molecule has 0 bridgehead atoms. The molecule has 3 heteroatoms. The van der Waals surface area contributed by atoms with E-state index in [0.29, 0.717) is 0 Å². The van der Waals surface area contributed by atoms with Crippen molar-refractivity contribution in [3.63, 3.8) is 0 Å². The molecule has 98 valence electrons. The predicted molar refractivity (Wildman–Crippen MR) is 84.8 cm³/mol. The predicted octanol–water partition coefficient (Wildman–Crippen LogP) is 3.34. The Hall–Kier alpha value is -2.88. The largest absolute Gasteiger partial charge is 0.265 e. The van der Waals surface area contributed by atoms with Crippen molar-refractivity contribution in [1.82, 2.24) is 9.97 Å². The average Bonchev–Trinajstić information content (AvgIpc) is 3.01. The first-order valence-corrected chi connectivity index (χ1v) is 7.16. The quantitative estimate of drug-likeness (QED) is 0.592. The highest BCUT2D eigenvalue weighted by Gasteiger charge is 1.94. The summed E-state index contributed by atoms with van der Waals surface area (Å²) in [4.78, 5) is 9.95. The maximum absolute atomic E-state index is 3.97. The summed E-state index contributed by atoms with van der Waals surface area (Å²) in [5.74, 6) is 12.5. The van der Waals surface area contributed by atoms with Gasteiger partial charge in [0.15, 0.2) is 0 Å². The van der Waals surface area contributed by atoms with Gasteiger partial charge in [-0.2, -0.15) is 0 Å². The second-order valence-electron chi connectivity index (χ2n) is 4.14. The molecular formula is C18H10N2S. The average molecular weight is 286 g/mol. The fraction of sp³-hybridized carbons (Fsp3) is 0. The second kappa shape index (κ2) is 6.52. The molecule has 3 rings (SSSR count). The van der Waals surface area contributed by atoms with Gasteiger partial charge in [-0.1, -0.05) is 23.7 Å². The second-order valence-corrected chi connectivity index (χ2v) is 5.22. The smallest absolute Gasteiger partial charge is 0.0785 e. The maximum atomic E-state index is 3.97. The zero-order valence-electron chi connectivity index (χ0n) is 11.1. The third-order valence-electron chi connectivity index (χ3n) is 2.63. The normalized spacial score (nSPS) is 9.14. The number of pyridine rings is 2. The number of thiophene rings is 1. The fourth-order valence-corrected chi connectivity index (χ4v) is 2.32. The summed E-state index contributed by atoms with van der Waals surface area (Å²) >= 11 is 1.59. The van der Waals surface area contributed by atoms with Gasteiger partial charge in [0.1, 0.15) is 0 Å². The standard InChI is InChI=1S/C18H10N2S/c1(15-7-11-19-12-8-15)3-17-5-6-18(21-17)4-2-16-9-13-20-14-10-16/h5-14H. The van der Waals surface area contributed by atoms with Crippen LogP contribution in [-0.2, 0) is 0 Å². The summed E-state index contributed by atoms with van der Waals surface area (Å²) in [6.07, 6.45) is 6.96. The van der Waals surface area contributed by atoms with Gasteiger partial charge < -0.3 is 0 Å². The van der Waals surface area contributed by atoms with E-state index < -0.39 is 0 Å². The van der Waals surface area contributed by atoms with Crippen molar-refractivity contribution in [2.45, 2.75) is 0 Å².